The van der Waals surface area contributed by atoms with E-state index in [1.54, 1.807) is 26.8 Å². The number of rotatable bonds is 5. The van der Waals surface area contributed by atoms with Gasteiger partial charge in [-0.3, -0.25) is 14.9 Å². The number of benzene rings is 1. The molecule has 0 saturated heterocycles. The van der Waals surface area contributed by atoms with Crippen LogP contribution in [-0.4, -0.2) is 17.4 Å². The van der Waals surface area contributed by atoms with Gasteiger partial charge in [-0.05, 0) is 42.8 Å². The summed E-state index contributed by atoms with van der Waals surface area (Å²) in [6.45, 7) is 5.47. The molecule has 3 N–H and O–H groups in total. The summed E-state index contributed by atoms with van der Waals surface area (Å²) in [5.41, 5.74) is 5.88. The van der Waals surface area contributed by atoms with E-state index in [-0.39, 0.29) is 5.69 Å². The number of amides is 1. The highest BCUT2D eigenvalue weighted by atomic mass is 79.9. The van der Waals surface area contributed by atoms with Gasteiger partial charge in [0.05, 0.1) is 10.3 Å². The number of nitro benzene ring substituents is 1. The molecule has 7 heteroatoms. The number of nitrogens with zero attached hydrogens (tertiary/aromatic N) is 1. The number of primary amides is 1. The quantitative estimate of drug-likeness (QED) is 0.640. The predicted octanol–water partition coefficient (Wildman–Crippen LogP) is 2.59. The van der Waals surface area contributed by atoms with E-state index in [1.807, 2.05) is 0 Å². The Morgan fingerprint density at radius 1 is 1.53 bits per heavy atom. The van der Waals surface area contributed by atoms with Gasteiger partial charge in [0.15, 0.2) is 0 Å². The minimum atomic E-state index is -0.699. The summed E-state index contributed by atoms with van der Waals surface area (Å²) in [5.74, 6) is -0.408. The average Bonchev–Trinajstić information content (AvgIpc) is 2.29. The average molecular weight is 330 g/mol. The molecule has 0 aliphatic rings. The lowest BCUT2D eigenvalue weighted by atomic mass is 9.92. The largest absolute Gasteiger partial charge is 0.383 e. The summed E-state index contributed by atoms with van der Waals surface area (Å²) >= 11 is 3.27. The summed E-state index contributed by atoms with van der Waals surface area (Å²) in [6, 6.07) is 3.11. The lowest BCUT2D eigenvalue weighted by molar-refractivity contribution is -0.385. The van der Waals surface area contributed by atoms with Crippen LogP contribution in [0.4, 0.5) is 11.4 Å². The summed E-state index contributed by atoms with van der Waals surface area (Å²) in [7, 11) is 0. The first-order chi connectivity index (χ1) is 8.65. The SMILES string of the molecule is Cc1cc(NCC(C)(C)C(N)=O)c(Br)cc1[N+](=O)[O-]. The van der Waals surface area contributed by atoms with Crippen LogP contribution in [0.3, 0.4) is 0 Å². The number of carbonyl (C=O) groups is 1. The molecule has 1 aromatic rings. The van der Waals surface area contributed by atoms with E-state index in [4.69, 9.17) is 5.73 Å². The van der Waals surface area contributed by atoms with Crippen molar-refractivity contribution in [1.29, 1.82) is 0 Å². The second-order valence-electron chi connectivity index (χ2n) is 4.98. The second-order valence-corrected chi connectivity index (χ2v) is 5.83. The van der Waals surface area contributed by atoms with Crippen molar-refractivity contribution in [2.24, 2.45) is 11.1 Å². The maximum atomic E-state index is 11.2. The fourth-order valence-corrected chi connectivity index (χ4v) is 1.88. The fourth-order valence-electron chi connectivity index (χ4n) is 1.41. The summed E-state index contributed by atoms with van der Waals surface area (Å²) < 4.78 is 0.574. The van der Waals surface area contributed by atoms with Crippen molar-refractivity contribution in [2.75, 3.05) is 11.9 Å². The molecule has 0 spiro atoms. The zero-order valence-electron chi connectivity index (χ0n) is 11.0. The first kappa shape index (κ1) is 15.4. The van der Waals surface area contributed by atoms with Crippen molar-refractivity contribution in [1.82, 2.24) is 0 Å². The fraction of sp³-hybridized carbons (Fsp3) is 0.417. The Bertz CT molecular complexity index is 529. The molecule has 0 aliphatic carbocycles. The van der Waals surface area contributed by atoms with Gasteiger partial charge in [0, 0.05) is 28.3 Å². The molecule has 6 nitrogen and oxygen atoms in total. The smallest absolute Gasteiger partial charge is 0.273 e. The molecular weight excluding hydrogens is 314 g/mol. The molecule has 0 bridgehead atoms. The molecule has 1 rings (SSSR count). The van der Waals surface area contributed by atoms with E-state index in [9.17, 15) is 14.9 Å². The van der Waals surface area contributed by atoms with Crippen LogP contribution < -0.4 is 11.1 Å². The van der Waals surface area contributed by atoms with Crippen LogP contribution in [0.1, 0.15) is 19.4 Å². The Labute approximate surface area is 119 Å². The maximum Gasteiger partial charge on any atom is 0.273 e. The highest BCUT2D eigenvalue weighted by Crippen LogP contribution is 2.31. The van der Waals surface area contributed by atoms with Crippen LogP contribution in [0.15, 0.2) is 16.6 Å². The Morgan fingerprint density at radius 3 is 2.58 bits per heavy atom. The molecule has 0 atom stereocenters. The van der Waals surface area contributed by atoms with E-state index in [1.165, 1.54) is 6.07 Å². The minimum Gasteiger partial charge on any atom is -0.383 e. The zero-order chi connectivity index (χ0) is 14.8. The molecule has 1 amide bonds. The monoisotopic (exact) mass is 329 g/mol. The Balaban J connectivity index is 2.95. The number of hydrogen-bond donors (Lipinski definition) is 2. The number of nitro groups is 1. The molecule has 1 aromatic carbocycles. The van der Waals surface area contributed by atoms with E-state index in [2.05, 4.69) is 21.2 Å². The molecule has 0 saturated carbocycles. The molecule has 0 unspecified atom stereocenters. The van der Waals surface area contributed by atoms with Gasteiger partial charge in [-0.2, -0.15) is 0 Å². The first-order valence-electron chi connectivity index (χ1n) is 5.63. The lowest BCUT2D eigenvalue weighted by Gasteiger charge is -2.22. The molecule has 0 heterocycles. The zero-order valence-corrected chi connectivity index (χ0v) is 12.6. The molecule has 0 aliphatic heterocycles. The van der Waals surface area contributed by atoms with Crippen molar-refractivity contribution in [2.45, 2.75) is 20.8 Å². The number of aryl methyl sites for hydroxylation is 1. The predicted molar refractivity (Wildman–Crippen MR) is 77.0 cm³/mol. The van der Waals surface area contributed by atoms with Crippen LogP contribution in [0.25, 0.3) is 0 Å². The van der Waals surface area contributed by atoms with E-state index < -0.39 is 16.2 Å². The lowest BCUT2D eigenvalue weighted by Crippen LogP contribution is -2.37. The number of carbonyl (C=O) groups excluding carboxylic acids is 1. The molecule has 104 valence electrons. The van der Waals surface area contributed by atoms with Crippen molar-refractivity contribution in [3.63, 3.8) is 0 Å². The van der Waals surface area contributed by atoms with Crippen LogP contribution in [0, 0.1) is 22.5 Å². The third kappa shape index (κ3) is 3.66. The number of hydrogen-bond acceptors (Lipinski definition) is 4. The molecule has 19 heavy (non-hydrogen) atoms. The topological polar surface area (TPSA) is 98.3 Å². The first-order valence-corrected chi connectivity index (χ1v) is 6.43. The number of anilines is 1. The van der Waals surface area contributed by atoms with Crippen LogP contribution in [0.5, 0.6) is 0 Å². The number of nitrogens with one attached hydrogen (secondary N) is 1. The molecular formula is C12H16BrN3O3. The maximum absolute atomic E-state index is 11.2. The molecule has 0 aromatic heterocycles. The summed E-state index contributed by atoms with van der Waals surface area (Å²) in [6.07, 6.45) is 0. The van der Waals surface area contributed by atoms with Crippen LogP contribution >= 0.6 is 15.9 Å². The van der Waals surface area contributed by atoms with E-state index in [0.29, 0.717) is 22.3 Å². The Kier molecular flexibility index (Phi) is 4.52. The van der Waals surface area contributed by atoms with Gasteiger partial charge in [0.2, 0.25) is 5.91 Å². The van der Waals surface area contributed by atoms with Gasteiger partial charge in [-0.1, -0.05) is 0 Å². The highest BCUT2D eigenvalue weighted by Gasteiger charge is 2.25. The normalized spacial score (nSPS) is 11.2. The van der Waals surface area contributed by atoms with Crippen LogP contribution in [0.2, 0.25) is 0 Å². The van der Waals surface area contributed by atoms with Crippen molar-refractivity contribution >= 4 is 33.2 Å². The van der Waals surface area contributed by atoms with Crippen molar-refractivity contribution in [3.05, 3.63) is 32.3 Å². The van der Waals surface area contributed by atoms with Crippen LogP contribution in [-0.2, 0) is 4.79 Å². The Morgan fingerprint density at radius 2 is 2.11 bits per heavy atom. The van der Waals surface area contributed by atoms with E-state index >= 15 is 0 Å². The Hall–Kier alpha value is -1.63. The summed E-state index contributed by atoms with van der Waals surface area (Å²) in [4.78, 5) is 21.6. The van der Waals surface area contributed by atoms with Gasteiger partial charge in [-0.25, -0.2) is 0 Å². The number of nitrogens with two attached hydrogens (primary N) is 1. The minimum absolute atomic E-state index is 0.0478. The van der Waals surface area contributed by atoms with Crippen molar-refractivity contribution in [3.8, 4) is 0 Å². The van der Waals surface area contributed by atoms with Gasteiger partial charge in [-0.15, -0.1) is 0 Å². The molecule has 0 radical (unpaired) electrons. The van der Waals surface area contributed by atoms with Gasteiger partial charge < -0.3 is 11.1 Å². The highest BCUT2D eigenvalue weighted by molar-refractivity contribution is 9.10. The van der Waals surface area contributed by atoms with Gasteiger partial charge >= 0.3 is 0 Å². The van der Waals surface area contributed by atoms with Gasteiger partial charge in [0.25, 0.3) is 5.69 Å². The number of halogens is 1. The van der Waals surface area contributed by atoms with Crippen molar-refractivity contribution < 1.29 is 9.72 Å². The third-order valence-electron chi connectivity index (χ3n) is 2.87. The second kappa shape index (κ2) is 5.56. The third-order valence-corrected chi connectivity index (χ3v) is 3.53. The summed E-state index contributed by atoms with van der Waals surface area (Å²) in [5, 5.41) is 13.9. The molecule has 0 fully saturated rings. The standard InChI is InChI=1S/C12H16BrN3O3/c1-7-4-9(8(13)5-10(7)16(18)19)15-6-12(2,3)11(14)17/h4-5,15H,6H2,1-3H3,(H2,14,17). The van der Waals surface area contributed by atoms with Gasteiger partial charge in [0.1, 0.15) is 0 Å². The van der Waals surface area contributed by atoms with E-state index in [0.717, 1.165) is 0 Å².